The second-order valence-corrected chi connectivity index (χ2v) is 7.15. The first-order valence-electron chi connectivity index (χ1n) is 8.61. The summed E-state index contributed by atoms with van der Waals surface area (Å²) in [4.78, 5) is 25.6. The summed E-state index contributed by atoms with van der Waals surface area (Å²) >= 11 is 0. The van der Waals surface area contributed by atoms with Gasteiger partial charge < -0.3 is 19.7 Å². The Morgan fingerprint density at radius 3 is 2.61 bits per heavy atom. The van der Waals surface area contributed by atoms with Crippen LogP contribution in [0.15, 0.2) is 0 Å². The first-order chi connectivity index (χ1) is 10.7. The van der Waals surface area contributed by atoms with E-state index in [0.29, 0.717) is 6.61 Å². The zero-order valence-corrected chi connectivity index (χ0v) is 15.2. The molecule has 1 amide bonds. The van der Waals surface area contributed by atoms with Crippen molar-refractivity contribution in [1.82, 2.24) is 10.2 Å². The van der Waals surface area contributed by atoms with Gasteiger partial charge in [0.25, 0.3) is 0 Å². The van der Waals surface area contributed by atoms with Gasteiger partial charge in [0, 0.05) is 18.6 Å². The average molecular weight is 328 g/mol. The fraction of sp³-hybridized carbons (Fsp3) is 0.882. The molecule has 1 aliphatic heterocycles. The second-order valence-electron chi connectivity index (χ2n) is 7.15. The molecule has 0 aromatic carbocycles. The molecule has 1 fully saturated rings. The van der Waals surface area contributed by atoms with Crippen LogP contribution in [0.2, 0.25) is 0 Å². The third kappa shape index (κ3) is 7.68. The maximum atomic E-state index is 12.4. The van der Waals surface area contributed by atoms with Crippen LogP contribution in [0, 0.1) is 0 Å². The Kier molecular flexibility index (Phi) is 7.82. The molecule has 2 atom stereocenters. The van der Waals surface area contributed by atoms with Crippen molar-refractivity contribution in [3.05, 3.63) is 0 Å². The lowest BCUT2D eigenvalue weighted by Crippen LogP contribution is -2.48. The van der Waals surface area contributed by atoms with E-state index >= 15 is 0 Å². The van der Waals surface area contributed by atoms with Gasteiger partial charge in [-0.1, -0.05) is 0 Å². The maximum Gasteiger partial charge on any atom is 0.410 e. The average Bonchev–Trinajstić information content (AvgIpc) is 2.44. The number of hydrogen-bond donors (Lipinski definition) is 1. The fourth-order valence-electron chi connectivity index (χ4n) is 2.77. The molecule has 0 aromatic heterocycles. The van der Waals surface area contributed by atoms with Gasteiger partial charge in [-0.3, -0.25) is 4.79 Å². The van der Waals surface area contributed by atoms with Crippen LogP contribution in [0.3, 0.4) is 0 Å². The molecule has 0 bridgehead atoms. The zero-order chi connectivity index (χ0) is 17.5. The third-order valence-corrected chi connectivity index (χ3v) is 3.78. The fourth-order valence-corrected chi connectivity index (χ4v) is 2.77. The Labute approximate surface area is 139 Å². The van der Waals surface area contributed by atoms with Crippen molar-refractivity contribution in [3.8, 4) is 0 Å². The molecule has 1 saturated heterocycles. The standard InChI is InChI=1S/C17H32N2O4/c1-6-22-15(20)12-18-13(2)11-14-9-7-8-10-19(14)16(21)23-17(3,4)5/h13-14,18H,6-12H2,1-5H3. The highest BCUT2D eigenvalue weighted by molar-refractivity contribution is 5.71. The highest BCUT2D eigenvalue weighted by Gasteiger charge is 2.31. The molecule has 0 radical (unpaired) electrons. The van der Waals surface area contributed by atoms with Crippen molar-refractivity contribution in [2.45, 2.75) is 78.0 Å². The lowest BCUT2D eigenvalue weighted by Gasteiger charge is -2.38. The van der Waals surface area contributed by atoms with Crippen molar-refractivity contribution < 1.29 is 19.1 Å². The smallest absolute Gasteiger partial charge is 0.410 e. The molecule has 134 valence electrons. The van der Waals surface area contributed by atoms with Gasteiger partial charge in [-0.25, -0.2) is 4.79 Å². The van der Waals surface area contributed by atoms with Crippen molar-refractivity contribution in [2.75, 3.05) is 19.7 Å². The summed E-state index contributed by atoms with van der Waals surface area (Å²) in [5.41, 5.74) is -0.479. The lowest BCUT2D eigenvalue weighted by atomic mass is 9.97. The molecule has 2 unspecified atom stereocenters. The predicted octanol–water partition coefficient (Wildman–Crippen LogP) is 2.71. The number of carbonyl (C=O) groups excluding carboxylic acids is 2. The van der Waals surface area contributed by atoms with Crippen LogP contribution in [0.5, 0.6) is 0 Å². The van der Waals surface area contributed by atoms with E-state index in [0.717, 1.165) is 32.2 Å². The largest absolute Gasteiger partial charge is 0.465 e. The molecule has 0 spiro atoms. The van der Waals surface area contributed by atoms with E-state index in [1.54, 1.807) is 6.92 Å². The van der Waals surface area contributed by atoms with Crippen molar-refractivity contribution >= 4 is 12.1 Å². The van der Waals surface area contributed by atoms with Gasteiger partial charge in [-0.2, -0.15) is 0 Å². The topological polar surface area (TPSA) is 67.9 Å². The number of esters is 1. The number of rotatable bonds is 6. The Bertz CT molecular complexity index is 393. The third-order valence-electron chi connectivity index (χ3n) is 3.78. The van der Waals surface area contributed by atoms with Crippen LogP contribution in [-0.2, 0) is 14.3 Å². The first kappa shape index (κ1) is 19.7. The lowest BCUT2D eigenvalue weighted by molar-refractivity contribution is -0.142. The van der Waals surface area contributed by atoms with E-state index in [4.69, 9.17) is 9.47 Å². The quantitative estimate of drug-likeness (QED) is 0.759. The molecule has 23 heavy (non-hydrogen) atoms. The molecule has 6 nitrogen and oxygen atoms in total. The van der Waals surface area contributed by atoms with E-state index in [-0.39, 0.29) is 30.7 Å². The minimum atomic E-state index is -0.479. The van der Waals surface area contributed by atoms with Gasteiger partial charge in [0.05, 0.1) is 13.2 Å². The van der Waals surface area contributed by atoms with E-state index in [1.165, 1.54) is 0 Å². The highest BCUT2D eigenvalue weighted by Crippen LogP contribution is 2.23. The van der Waals surface area contributed by atoms with E-state index < -0.39 is 5.60 Å². The molecule has 1 aliphatic rings. The number of nitrogens with zero attached hydrogens (tertiary/aromatic N) is 1. The van der Waals surface area contributed by atoms with Crippen LogP contribution in [-0.4, -0.2) is 54.3 Å². The number of carbonyl (C=O) groups is 2. The van der Waals surface area contributed by atoms with E-state index in [1.807, 2.05) is 32.6 Å². The summed E-state index contributed by atoms with van der Waals surface area (Å²) in [6.45, 7) is 10.8. The molecule has 0 aromatic rings. The Balaban J connectivity index is 2.51. The number of ether oxygens (including phenoxy) is 2. The minimum absolute atomic E-state index is 0.132. The van der Waals surface area contributed by atoms with Gasteiger partial charge in [-0.15, -0.1) is 0 Å². The van der Waals surface area contributed by atoms with E-state index in [9.17, 15) is 9.59 Å². The summed E-state index contributed by atoms with van der Waals surface area (Å²) in [5, 5.41) is 3.17. The van der Waals surface area contributed by atoms with E-state index in [2.05, 4.69) is 5.32 Å². The zero-order valence-electron chi connectivity index (χ0n) is 15.2. The van der Waals surface area contributed by atoms with Crippen LogP contribution < -0.4 is 5.32 Å². The molecular formula is C17H32N2O4. The molecule has 1 N–H and O–H groups in total. The molecule has 0 saturated carbocycles. The highest BCUT2D eigenvalue weighted by atomic mass is 16.6. The Hall–Kier alpha value is -1.30. The monoisotopic (exact) mass is 328 g/mol. The number of piperidine rings is 1. The van der Waals surface area contributed by atoms with Crippen molar-refractivity contribution in [3.63, 3.8) is 0 Å². The normalized spacial score (nSPS) is 20.0. The van der Waals surface area contributed by atoms with Crippen molar-refractivity contribution in [1.29, 1.82) is 0 Å². The molecule has 1 heterocycles. The van der Waals surface area contributed by atoms with Crippen LogP contribution >= 0.6 is 0 Å². The SMILES string of the molecule is CCOC(=O)CNC(C)CC1CCCCN1C(=O)OC(C)(C)C. The predicted molar refractivity (Wildman–Crippen MR) is 89.3 cm³/mol. The Morgan fingerprint density at radius 2 is 2.00 bits per heavy atom. The molecule has 6 heteroatoms. The number of amides is 1. The summed E-state index contributed by atoms with van der Waals surface area (Å²) < 4.78 is 10.4. The number of nitrogens with one attached hydrogen (secondary N) is 1. The van der Waals surface area contributed by atoms with Crippen LogP contribution in [0.4, 0.5) is 4.79 Å². The first-order valence-corrected chi connectivity index (χ1v) is 8.61. The minimum Gasteiger partial charge on any atom is -0.465 e. The Morgan fingerprint density at radius 1 is 1.30 bits per heavy atom. The number of likely N-dealkylation sites (tertiary alicyclic amines) is 1. The second kappa shape index (κ2) is 9.11. The molecule has 0 aliphatic carbocycles. The maximum absolute atomic E-state index is 12.4. The van der Waals surface area contributed by atoms with Crippen molar-refractivity contribution in [2.24, 2.45) is 0 Å². The van der Waals surface area contributed by atoms with Gasteiger partial charge in [0.2, 0.25) is 0 Å². The molecule has 1 rings (SSSR count). The van der Waals surface area contributed by atoms with Gasteiger partial charge in [-0.05, 0) is 60.3 Å². The summed E-state index contributed by atoms with van der Waals surface area (Å²) in [7, 11) is 0. The van der Waals surface area contributed by atoms with Gasteiger partial charge >= 0.3 is 12.1 Å². The van der Waals surface area contributed by atoms with Crippen LogP contribution in [0.1, 0.15) is 60.3 Å². The number of hydrogen-bond acceptors (Lipinski definition) is 5. The van der Waals surface area contributed by atoms with Gasteiger partial charge in [0.1, 0.15) is 5.60 Å². The van der Waals surface area contributed by atoms with Crippen LogP contribution in [0.25, 0.3) is 0 Å². The summed E-state index contributed by atoms with van der Waals surface area (Å²) in [6, 6.07) is 0.288. The summed E-state index contributed by atoms with van der Waals surface area (Å²) in [6.07, 6.45) is 3.68. The molecular weight excluding hydrogens is 296 g/mol. The summed E-state index contributed by atoms with van der Waals surface area (Å²) in [5.74, 6) is -0.244. The van der Waals surface area contributed by atoms with Gasteiger partial charge in [0.15, 0.2) is 0 Å².